The highest BCUT2D eigenvalue weighted by Crippen LogP contribution is 2.30. The smallest absolute Gasteiger partial charge is 0.220 e. The van der Waals surface area contributed by atoms with Gasteiger partial charge >= 0.3 is 0 Å². The van der Waals surface area contributed by atoms with Gasteiger partial charge in [-0.15, -0.1) is 0 Å². The van der Waals surface area contributed by atoms with Crippen LogP contribution in [-0.2, 0) is 9.53 Å². The first kappa shape index (κ1) is 15.6. The lowest BCUT2D eigenvalue weighted by Gasteiger charge is -2.36. The normalized spacial score (nSPS) is 20.8. The quantitative estimate of drug-likeness (QED) is 0.844. The number of nitrogens with one attached hydrogen (secondary N) is 1. The number of anilines is 1. The lowest BCUT2D eigenvalue weighted by Crippen LogP contribution is -2.40. The van der Waals surface area contributed by atoms with Gasteiger partial charge in [0, 0.05) is 12.6 Å². The van der Waals surface area contributed by atoms with E-state index in [1.54, 1.807) is 0 Å². The first-order chi connectivity index (χ1) is 9.96. The molecule has 1 unspecified atom stereocenters. The number of hydrogen-bond acceptors (Lipinski definition) is 4. The van der Waals surface area contributed by atoms with E-state index in [-0.39, 0.29) is 17.9 Å². The zero-order chi connectivity index (χ0) is 15.3. The van der Waals surface area contributed by atoms with Crippen molar-refractivity contribution >= 4 is 11.6 Å². The zero-order valence-electron chi connectivity index (χ0n) is 12.7. The summed E-state index contributed by atoms with van der Waals surface area (Å²) in [5, 5.41) is 3.52. The SMILES string of the molecule is CC1(C)CC(Nc2ccccc2OCCC(N)=O)CCO1. The Balaban J connectivity index is 1.97. The highest BCUT2D eigenvalue weighted by atomic mass is 16.5. The maximum absolute atomic E-state index is 10.8. The van der Waals surface area contributed by atoms with Gasteiger partial charge in [0.2, 0.25) is 5.91 Å². The number of amides is 1. The zero-order valence-corrected chi connectivity index (χ0v) is 12.7. The molecule has 1 aromatic carbocycles. The van der Waals surface area contributed by atoms with Gasteiger partial charge in [-0.3, -0.25) is 4.79 Å². The predicted molar refractivity (Wildman–Crippen MR) is 82.4 cm³/mol. The minimum atomic E-state index is -0.355. The van der Waals surface area contributed by atoms with Gasteiger partial charge in [0.15, 0.2) is 0 Å². The third kappa shape index (κ3) is 4.93. The molecule has 0 bridgehead atoms. The van der Waals surface area contributed by atoms with Gasteiger partial charge in [-0.1, -0.05) is 12.1 Å². The number of hydrogen-bond donors (Lipinski definition) is 2. The summed E-state index contributed by atoms with van der Waals surface area (Å²) in [6.07, 6.45) is 2.14. The van der Waals surface area contributed by atoms with Crippen LogP contribution in [0.15, 0.2) is 24.3 Å². The third-order valence-electron chi connectivity index (χ3n) is 3.55. The van der Waals surface area contributed by atoms with Crippen LogP contribution in [0.1, 0.15) is 33.1 Å². The summed E-state index contributed by atoms with van der Waals surface area (Å²) in [7, 11) is 0. The number of para-hydroxylation sites is 2. The van der Waals surface area contributed by atoms with Crippen molar-refractivity contribution in [2.45, 2.75) is 44.8 Å². The van der Waals surface area contributed by atoms with E-state index in [1.807, 2.05) is 24.3 Å². The van der Waals surface area contributed by atoms with Gasteiger partial charge in [0.05, 0.1) is 24.3 Å². The number of carbonyl (C=O) groups excluding carboxylic acids is 1. The van der Waals surface area contributed by atoms with E-state index >= 15 is 0 Å². The predicted octanol–water partition coefficient (Wildman–Crippen LogP) is 2.31. The molecule has 1 aromatic rings. The fourth-order valence-corrected chi connectivity index (χ4v) is 2.55. The summed E-state index contributed by atoms with van der Waals surface area (Å²) < 4.78 is 11.4. The molecule has 1 saturated heterocycles. The van der Waals surface area contributed by atoms with E-state index in [1.165, 1.54) is 0 Å². The van der Waals surface area contributed by atoms with Crippen molar-refractivity contribution in [1.29, 1.82) is 0 Å². The van der Waals surface area contributed by atoms with Crippen LogP contribution in [0, 0.1) is 0 Å². The summed E-state index contributed by atoms with van der Waals surface area (Å²) in [6.45, 7) is 5.27. The maximum atomic E-state index is 10.8. The Hall–Kier alpha value is -1.75. The first-order valence-electron chi connectivity index (χ1n) is 7.37. The van der Waals surface area contributed by atoms with Crippen LogP contribution >= 0.6 is 0 Å². The molecule has 5 heteroatoms. The fourth-order valence-electron chi connectivity index (χ4n) is 2.55. The Morgan fingerprint density at radius 2 is 2.24 bits per heavy atom. The Labute approximate surface area is 125 Å². The van der Waals surface area contributed by atoms with Gasteiger partial charge in [0.25, 0.3) is 0 Å². The second kappa shape index (κ2) is 6.80. The minimum absolute atomic E-state index is 0.0995. The number of ether oxygens (including phenoxy) is 2. The van der Waals surface area contributed by atoms with Crippen LogP contribution in [0.2, 0.25) is 0 Å². The van der Waals surface area contributed by atoms with Crippen LogP contribution in [0.25, 0.3) is 0 Å². The van der Waals surface area contributed by atoms with Crippen molar-refractivity contribution in [3.05, 3.63) is 24.3 Å². The average Bonchev–Trinajstić information content (AvgIpc) is 2.39. The molecule has 5 nitrogen and oxygen atoms in total. The first-order valence-corrected chi connectivity index (χ1v) is 7.37. The summed E-state index contributed by atoms with van der Waals surface area (Å²) in [6, 6.07) is 8.12. The van der Waals surface area contributed by atoms with Gasteiger partial charge in [0.1, 0.15) is 5.75 Å². The molecule has 2 rings (SSSR count). The van der Waals surface area contributed by atoms with Gasteiger partial charge in [-0.25, -0.2) is 0 Å². The van der Waals surface area contributed by atoms with Crippen molar-refractivity contribution < 1.29 is 14.3 Å². The highest BCUT2D eigenvalue weighted by Gasteiger charge is 2.29. The fraction of sp³-hybridized carbons (Fsp3) is 0.562. The summed E-state index contributed by atoms with van der Waals surface area (Å²) >= 11 is 0. The largest absolute Gasteiger partial charge is 0.491 e. The van der Waals surface area contributed by atoms with E-state index in [0.29, 0.717) is 12.6 Å². The summed E-state index contributed by atoms with van der Waals surface area (Å²) in [5.41, 5.74) is 5.97. The molecule has 1 amide bonds. The molecule has 0 radical (unpaired) electrons. The van der Waals surface area contributed by atoms with E-state index in [9.17, 15) is 4.79 Å². The molecule has 21 heavy (non-hydrogen) atoms. The maximum Gasteiger partial charge on any atom is 0.220 e. The molecule has 0 aliphatic carbocycles. The van der Waals surface area contributed by atoms with Crippen molar-refractivity contribution in [2.75, 3.05) is 18.5 Å². The number of rotatable bonds is 6. The number of carbonyl (C=O) groups is 1. The highest BCUT2D eigenvalue weighted by molar-refractivity contribution is 5.73. The van der Waals surface area contributed by atoms with E-state index < -0.39 is 0 Å². The summed E-state index contributed by atoms with van der Waals surface area (Å²) in [5.74, 6) is 0.398. The van der Waals surface area contributed by atoms with Crippen LogP contribution in [0.3, 0.4) is 0 Å². The minimum Gasteiger partial charge on any atom is -0.491 e. The Morgan fingerprint density at radius 1 is 1.48 bits per heavy atom. The van der Waals surface area contributed by atoms with Crippen molar-refractivity contribution in [3.63, 3.8) is 0 Å². The van der Waals surface area contributed by atoms with Crippen molar-refractivity contribution in [3.8, 4) is 5.75 Å². The van der Waals surface area contributed by atoms with Crippen LogP contribution in [0.4, 0.5) is 5.69 Å². The number of benzene rings is 1. The van der Waals surface area contributed by atoms with Gasteiger partial charge in [-0.2, -0.15) is 0 Å². The van der Waals surface area contributed by atoms with Crippen molar-refractivity contribution in [2.24, 2.45) is 5.73 Å². The topological polar surface area (TPSA) is 73.6 Å². The van der Waals surface area contributed by atoms with E-state index in [4.69, 9.17) is 15.2 Å². The molecular formula is C16H24N2O3. The van der Waals surface area contributed by atoms with Gasteiger partial charge < -0.3 is 20.5 Å². The molecule has 0 aromatic heterocycles. The second-order valence-corrected chi connectivity index (χ2v) is 6.00. The second-order valence-electron chi connectivity index (χ2n) is 6.00. The molecule has 1 fully saturated rings. The lowest BCUT2D eigenvalue weighted by molar-refractivity contribution is -0.118. The molecular weight excluding hydrogens is 268 g/mol. The molecule has 1 aliphatic rings. The monoisotopic (exact) mass is 292 g/mol. The molecule has 0 saturated carbocycles. The standard InChI is InChI=1S/C16H24N2O3/c1-16(2)11-12(7-10-21-16)18-13-5-3-4-6-14(13)20-9-8-15(17)19/h3-6,12,18H,7-11H2,1-2H3,(H2,17,19). The number of primary amides is 1. The Morgan fingerprint density at radius 3 is 2.95 bits per heavy atom. The van der Waals surface area contributed by atoms with Crippen molar-refractivity contribution in [1.82, 2.24) is 0 Å². The molecule has 1 atom stereocenters. The van der Waals surface area contributed by atoms with Crippen LogP contribution in [0.5, 0.6) is 5.75 Å². The third-order valence-corrected chi connectivity index (χ3v) is 3.55. The Bertz CT molecular complexity index is 488. The van der Waals surface area contributed by atoms with Gasteiger partial charge in [-0.05, 0) is 38.8 Å². The van der Waals surface area contributed by atoms with E-state index in [0.717, 1.165) is 30.9 Å². The van der Waals surface area contributed by atoms with Crippen LogP contribution in [-0.4, -0.2) is 30.8 Å². The molecule has 1 aliphatic heterocycles. The lowest BCUT2D eigenvalue weighted by atomic mass is 9.94. The summed E-state index contributed by atoms with van der Waals surface area (Å²) in [4.78, 5) is 10.8. The number of nitrogens with two attached hydrogens (primary N) is 1. The molecule has 3 N–H and O–H groups in total. The Kier molecular flexibility index (Phi) is 5.07. The molecule has 0 spiro atoms. The molecule has 1 heterocycles. The van der Waals surface area contributed by atoms with E-state index in [2.05, 4.69) is 19.2 Å². The molecule has 116 valence electrons. The average molecular weight is 292 g/mol. The van der Waals surface area contributed by atoms with Crippen LogP contribution < -0.4 is 15.8 Å².